The molecule has 1 heterocycles. The first-order chi connectivity index (χ1) is 18.6. The van der Waals surface area contributed by atoms with Crippen molar-refractivity contribution in [2.45, 2.75) is 29.8 Å². The molecule has 0 spiro atoms. The van der Waals surface area contributed by atoms with Crippen molar-refractivity contribution in [2.24, 2.45) is 0 Å². The van der Waals surface area contributed by atoms with Crippen molar-refractivity contribution < 1.29 is 32.9 Å². The zero-order chi connectivity index (χ0) is 28.2. The molecule has 3 aromatic rings. The molecule has 0 radical (unpaired) electrons. The highest BCUT2D eigenvalue weighted by Gasteiger charge is 2.41. The highest BCUT2D eigenvalue weighted by Crippen LogP contribution is 2.29. The summed E-state index contributed by atoms with van der Waals surface area (Å²) in [5.41, 5.74) is 3.18. The highest BCUT2D eigenvalue weighted by atomic mass is 32.2. The lowest BCUT2D eigenvalue weighted by molar-refractivity contribution is -0.384. The molecule has 1 aliphatic rings. The average molecular weight is 555 g/mol. The number of ether oxygens (including phenoxy) is 1. The molecule has 39 heavy (non-hydrogen) atoms. The molecule has 13 heteroatoms. The molecule has 204 valence electrons. The Kier molecular flexibility index (Phi) is 8.24. The summed E-state index contributed by atoms with van der Waals surface area (Å²) in [7, 11) is -2.56. The Morgan fingerprint density at radius 3 is 2.13 bits per heavy atom. The van der Waals surface area contributed by atoms with Crippen LogP contribution in [0.3, 0.4) is 0 Å². The number of hydroxylamine groups is 1. The van der Waals surface area contributed by atoms with Gasteiger partial charge >= 0.3 is 0 Å². The molecule has 0 bridgehead atoms. The number of benzene rings is 3. The van der Waals surface area contributed by atoms with Crippen LogP contribution in [0.15, 0.2) is 77.7 Å². The Hall–Kier alpha value is -4.33. The maximum atomic E-state index is 13.5. The van der Waals surface area contributed by atoms with Gasteiger partial charge < -0.3 is 10.1 Å². The Labute approximate surface area is 224 Å². The Morgan fingerprint density at radius 2 is 1.59 bits per heavy atom. The van der Waals surface area contributed by atoms with Gasteiger partial charge in [-0.05, 0) is 60.4 Å². The van der Waals surface area contributed by atoms with E-state index in [1.807, 2.05) is 12.1 Å². The van der Waals surface area contributed by atoms with Crippen LogP contribution in [0.4, 0.5) is 5.69 Å². The van der Waals surface area contributed by atoms with Crippen molar-refractivity contribution in [1.29, 1.82) is 0 Å². The molecule has 3 aromatic carbocycles. The number of amides is 2. The number of sulfonamides is 1. The molecule has 1 saturated heterocycles. The SMILES string of the molecule is COc1ccc(-c2ccc(S(=O)(=O)N3CC[C@@H](NC(=O)c4ccc([N+](=O)[O-])cc4)C[C@@H]3C(=O)NO)cc2)cc1. The lowest BCUT2D eigenvalue weighted by Gasteiger charge is -2.37. The van der Waals surface area contributed by atoms with E-state index in [1.54, 1.807) is 31.4 Å². The maximum Gasteiger partial charge on any atom is 0.269 e. The second-order valence-electron chi connectivity index (χ2n) is 8.86. The van der Waals surface area contributed by atoms with Crippen molar-refractivity contribution in [3.05, 3.63) is 88.5 Å². The fourth-order valence-electron chi connectivity index (χ4n) is 4.42. The number of nitrogens with one attached hydrogen (secondary N) is 2. The summed E-state index contributed by atoms with van der Waals surface area (Å²) in [6.45, 7) is -0.0914. The minimum Gasteiger partial charge on any atom is -0.497 e. The molecular formula is C26H26N4O8S. The van der Waals surface area contributed by atoms with E-state index < -0.39 is 38.8 Å². The molecule has 0 aromatic heterocycles. The van der Waals surface area contributed by atoms with Crippen LogP contribution in [0.5, 0.6) is 5.75 Å². The van der Waals surface area contributed by atoms with E-state index in [-0.39, 0.29) is 35.5 Å². The van der Waals surface area contributed by atoms with Crippen molar-refractivity contribution in [3.8, 4) is 16.9 Å². The van der Waals surface area contributed by atoms with E-state index in [0.29, 0.717) is 5.75 Å². The van der Waals surface area contributed by atoms with Crippen LogP contribution in [0.25, 0.3) is 11.1 Å². The van der Waals surface area contributed by atoms with Crippen molar-refractivity contribution >= 4 is 27.5 Å². The number of hydrogen-bond donors (Lipinski definition) is 3. The summed E-state index contributed by atoms with van der Waals surface area (Å²) < 4.78 is 33.2. The smallest absolute Gasteiger partial charge is 0.269 e. The van der Waals surface area contributed by atoms with E-state index in [0.717, 1.165) is 15.4 Å². The minimum absolute atomic E-state index is 0.0242. The van der Waals surface area contributed by atoms with Crippen LogP contribution in [0.1, 0.15) is 23.2 Å². The third-order valence-corrected chi connectivity index (χ3v) is 8.45. The first kappa shape index (κ1) is 27.7. The van der Waals surface area contributed by atoms with Crippen LogP contribution in [0.2, 0.25) is 0 Å². The van der Waals surface area contributed by atoms with E-state index in [1.165, 1.54) is 41.9 Å². The lowest BCUT2D eigenvalue weighted by Crippen LogP contribution is -2.56. The summed E-state index contributed by atoms with van der Waals surface area (Å²) >= 11 is 0. The van der Waals surface area contributed by atoms with Gasteiger partial charge in [0.15, 0.2) is 0 Å². The number of rotatable bonds is 8. The number of non-ortho nitro benzene ring substituents is 1. The van der Waals surface area contributed by atoms with Crippen LogP contribution >= 0.6 is 0 Å². The van der Waals surface area contributed by atoms with Gasteiger partial charge in [0.2, 0.25) is 10.0 Å². The average Bonchev–Trinajstić information content (AvgIpc) is 2.96. The Balaban J connectivity index is 1.49. The standard InChI is InChI=1S/C26H26N4O8S/c1-38-22-10-4-17(5-11-22)18-6-12-23(13-7-18)39(36,37)29-15-14-20(16-24(29)26(32)28-33)27-25(31)19-2-8-21(9-3-19)30(34)35/h2-13,20,24,33H,14-16H2,1H3,(H,27,31)(H,28,32)/t20-,24-/m1/s1. The number of hydrogen-bond acceptors (Lipinski definition) is 8. The summed E-state index contributed by atoms with van der Waals surface area (Å²) in [5.74, 6) is -0.760. The van der Waals surface area contributed by atoms with Crippen LogP contribution in [-0.4, -0.2) is 60.4 Å². The van der Waals surface area contributed by atoms with Gasteiger partial charge in [0.25, 0.3) is 17.5 Å². The highest BCUT2D eigenvalue weighted by molar-refractivity contribution is 7.89. The molecule has 1 aliphatic heterocycles. The quantitative estimate of drug-likeness (QED) is 0.217. The van der Waals surface area contributed by atoms with Gasteiger partial charge in [-0.3, -0.25) is 24.9 Å². The topological polar surface area (TPSA) is 168 Å². The van der Waals surface area contributed by atoms with Crippen molar-refractivity contribution in [1.82, 2.24) is 15.1 Å². The lowest BCUT2D eigenvalue weighted by atomic mass is 9.98. The van der Waals surface area contributed by atoms with E-state index >= 15 is 0 Å². The number of piperidine rings is 1. The molecule has 0 aliphatic carbocycles. The second-order valence-corrected chi connectivity index (χ2v) is 10.7. The van der Waals surface area contributed by atoms with Crippen LogP contribution in [-0.2, 0) is 14.8 Å². The van der Waals surface area contributed by atoms with Crippen LogP contribution < -0.4 is 15.5 Å². The summed E-state index contributed by atoms with van der Waals surface area (Å²) in [6.07, 6.45) is 0.116. The third kappa shape index (κ3) is 6.06. The predicted octanol–water partition coefficient (Wildman–Crippen LogP) is 2.73. The first-order valence-corrected chi connectivity index (χ1v) is 13.3. The molecular weight excluding hydrogens is 528 g/mol. The van der Waals surface area contributed by atoms with Gasteiger partial charge in [0, 0.05) is 30.3 Å². The van der Waals surface area contributed by atoms with Crippen molar-refractivity contribution in [2.75, 3.05) is 13.7 Å². The molecule has 12 nitrogen and oxygen atoms in total. The number of nitrogens with zero attached hydrogens (tertiary/aromatic N) is 2. The number of methoxy groups -OCH3 is 1. The molecule has 1 fully saturated rings. The Morgan fingerprint density at radius 1 is 1.00 bits per heavy atom. The Bertz CT molecular complexity index is 1460. The van der Waals surface area contributed by atoms with Gasteiger partial charge in [-0.15, -0.1) is 0 Å². The zero-order valence-corrected chi connectivity index (χ0v) is 21.6. The number of carbonyl (C=O) groups excluding carboxylic acids is 2. The first-order valence-electron chi connectivity index (χ1n) is 11.9. The van der Waals surface area contributed by atoms with Gasteiger partial charge in [-0.1, -0.05) is 24.3 Å². The number of carbonyl (C=O) groups is 2. The molecule has 0 unspecified atom stereocenters. The monoisotopic (exact) mass is 554 g/mol. The largest absolute Gasteiger partial charge is 0.497 e. The number of nitro benzene ring substituents is 1. The molecule has 2 atom stereocenters. The summed E-state index contributed by atoms with van der Waals surface area (Å²) in [6, 6.07) is 16.6. The normalized spacial score (nSPS) is 17.7. The molecule has 4 rings (SSSR count). The van der Waals surface area contributed by atoms with Gasteiger partial charge in [-0.2, -0.15) is 4.31 Å². The van der Waals surface area contributed by atoms with E-state index in [9.17, 15) is 33.3 Å². The number of nitro groups is 1. The molecule has 3 N–H and O–H groups in total. The maximum absolute atomic E-state index is 13.5. The fourth-order valence-corrected chi connectivity index (χ4v) is 6.03. The third-order valence-electron chi connectivity index (χ3n) is 6.53. The summed E-state index contributed by atoms with van der Waals surface area (Å²) in [5, 5.41) is 22.9. The fraction of sp³-hybridized carbons (Fsp3) is 0.231. The molecule has 0 saturated carbocycles. The molecule has 2 amide bonds. The second kappa shape index (κ2) is 11.6. The minimum atomic E-state index is -4.13. The van der Waals surface area contributed by atoms with Gasteiger partial charge in [-0.25, -0.2) is 13.9 Å². The van der Waals surface area contributed by atoms with Crippen molar-refractivity contribution in [3.63, 3.8) is 0 Å². The van der Waals surface area contributed by atoms with E-state index in [4.69, 9.17) is 4.74 Å². The van der Waals surface area contributed by atoms with Crippen LogP contribution in [0, 0.1) is 10.1 Å². The van der Waals surface area contributed by atoms with Gasteiger partial charge in [0.1, 0.15) is 11.8 Å². The summed E-state index contributed by atoms with van der Waals surface area (Å²) in [4.78, 5) is 35.4. The predicted molar refractivity (Wildman–Crippen MR) is 140 cm³/mol. The van der Waals surface area contributed by atoms with Gasteiger partial charge in [0.05, 0.1) is 16.9 Å². The zero-order valence-electron chi connectivity index (χ0n) is 20.8. The van der Waals surface area contributed by atoms with E-state index in [2.05, 4.69) is 5.32 Å².